The van der Waals surface area contributed by atoms with Gasteiger partial charge in [0.05, 0.1) is 5.69 Å². The Morgan fingerprint density at radius 2 is 2.00 bits per heavy atom. The van der Waals surface area contributed by atoms with Gasteiger partial charge in [0.25, 0.3) is 11.5 Å². The van der Waals surface area contributed by atoms with Crippen LogP contribution in [0.25, 0.3) is 0 Å². The Kier molecular flexibility index (Phi) is 4.04. The van der Waals surface area contributed by atoms with Crippen LogP contribution in [0.1, 0.15) is 27.4 Å². The largest absolute Gasteiger partial charge is 0.322 e. The van der Waals surface area contributed by atoms with E-state index < -0.39 is 11.5 Å². The Labute approximate surface area is 124 Å². The molecule has 2 N–H and O–H groups in total. The minimum absolute atomic E-state index is 0.0397. The monoisotopic (exact) mass is 335 g/mol. The average Bonchev–Trinajstić information content (AvgIpc) is 2.31. The lowest BCUT2D eigenvalue weighted by Crippen LogP contribution is -2.26. The van der Waals surface area contributed by atoms with E-state index in [-0.39, 0.29) is 5.56 Å². The SMILES string of the molecule is Cc1nc(C)c(C(=O)Nc2ccc(Br)cc2C)c(=O)[nH]1. The lowest BCUT2D eigenvalue weighted by molar-refractivity contribution is 0.102. The van der Waals surface area contributed by atoms with Gasteiger partial charge in [0.1, 0.15) is 11.4 Å². The van der Waals surface area contributed by atoms with Gasteiger partial charge in [0.15, 0.2) is 0 Å². The third-order valence-electron chi connectivity index (χ3n) is 2.88. The number of amides is 1. The average molecular weight is 336 g/mol. The van der Waals surface area contributed by atoms with Gasteiger partial charge in [0.2, 0.25) is 0 Å². The molecule has 0 radical (unpaired) electrons. The van der Waals surface area contributed by atoms with E-state index in [1.54, 1.807) is 19.9 Å². The number of halogens is 1. The summed E-state index contributed by atoms with van der Waals surface area (Å²) in [5, 5.41) is 2.74. The summed E-state index contributed by atoms with van der Waals surface area (Å²) in [5.41, 5.74) is 1.60. The van der Waals surface area contributed by atoms with E-state index in [4.69, 9.17) is 0 Å². The summed E-state index contributed by atoms with van der Waals surface area (Å²) >= 11 is 3.36. The van der Waals surface area contributed by atoms with E-state index in [1.165, 1.54) is 0 Å². The van der Waals surface area contributed by atoms with Crippen LogP contribution in [0.3, 0.4) is 0 Å². The number of aromatic amines is 1. The molecule has 1 heterocycles. The van der Waals surface area contributed by atoms with Crippen molar-refractivity contribution < 1.29 is 4.79 Å². The van der Waals surface area contributed by atoms with E-state index in [2.05, 4.69) is 31.2 Å². The van der Waals surface area contributed by atoms with Crippen LogP contribution in [0.15, 0.2) is 27.5 Å². The van der Waals surface area contributed by atoms with Crippen molar-refractivity contribution in [3.63, 3.8) is 0 Å². The minimum atomic E-state index is -0.457. The molecule has 2 rings (SSSR count). The van der Waals surface area contributed by atoms with Crippen LogP contribution in [0, 0.1) is 20.8 Å². The first-order chi connectivity index (χ1) is 9.38. The topological polar surface area (TPSA) is 74.8 Å². The minimum Gasteiger partial charge on any atom is -0.322 e. The van der Waals surface area contributed by atoms with E-state index in [9.17, 15) is 9.59 Å². The molecule has 1 aromatic carbocycles. The number of nitrogens with zero attached hydrogens (tertiary/aromatic N) is 1. The van der Waals surface area contributed by atoms with Gasteiger partial charge in [0, 0.05) is 10.2 Å². The first-order valence-corrected chi connectivity index (χ1v) is 6.83. The molecular weight excluding hydrogens is 322 g/mol. The fraction of sp³-hybridized carbons (Fsp3) is 0.214. The second-order valence-corrected chi connectivity index (χ2v) is 5.44. The van der Waals surface area contributed by atoms with Gasteiger partial charge >= 0.3 is 0 Å². The maximum absolute atomic E-state index is 12.2. The van der Waals surface area contributed by atoms with Crippen LogP contribution in [-0.4, -0.2) is 15.9 Å². The normalized spacial score (nSPS) is 10.4. The van der Waals surface area contributed by atoms with E-state index >= 15 is 0 Å². The van der Waals surface area contributed by atoms with Crippen molar-refractivity contribution in [3.8, 4) is 0 Å². The fourth-order valence-corrected chi connectivity index (χ4v) is 2.42. The Bertz CT molecular complexity index is 738. The number of nitrogens with one attached hydrogen (secondary N) is 2. The van der Waals surface area contributed by atoms with Crippen molar-refractivity contribution in [1.82, 2.24) is 9.97 Å². The quantitative estimate of drug-likeness (QED) is 0.885. The summed E-state index contributed by atoms with van der Waals surface area (Å²) in [4.78, 5) is 30.7. The zero-order valence-electron chi connectivity index (χ0n) is 11.4. The Balaban J connectivity index is 2.36. The smallest absolute Gasteiger partial charge is 0.264 e. The van der Waals surface area contributed by atoms with Gasteiger partial charge in [-0.25, -0.2) is 4.98 Å². The van der Waals surface area contributed by atoms with E-state index in [1.807, 2.05) is 19.1 Å². The molecule has 0 aliphatic heterocycles. The summed E-state index contributed by atoms with van der Waals surface area (Å²) in [6, 6.07) is 5.50. The molecule has 1 amide bonds. The predicted octanol–water partition coefficient (Wildman–Crippen LogP) is 2.71. The van der Waals surface area contributed by atoms with Crippen molar-refractivity contribution >= 4 is 27.5 Å². The fourth-order valence-electron chi connectivity index (χ4n) is 1.95. The Morgan fingerprint density at radius 1 is 1.30 bits per heavy atom. The van der Waals surface area contributed by atoms with Crippen LogP contribution in [0.4, 0.5) is 5.69 Å². The highest BCUT2D eigenvalue weighted by Crippen LogP contribution is 2.20. The van der Waals surface area contributed by atoms with Crippen molar-refractivity contribution in [2.45, 2.75) is 20.8 Å². The van der Waals surface area contributed by atoms with Crippen LogP contribution in [0.5, 0.6) is 0 Å². The number of rotatable bonds is 2. The molecule has 0 saturated heterocycles. The molecule has 0 aliphatic rings. The zero-order valence-corrected chi connectivity index (χ0v) is 13.0. The molecule has 5 nitrogen and oxygen atoms in total. The van der Waals surface area contributed by atoms with Crippen molar-refractivity contribution in [2.75, 3.05) is 5.32 Å². The number of aryl methyl sites for hydroxylation is 3. The molecule has 0 atom stereocenters. The highest BCUT2D eigenvalue weighted by Gasteiger charge is 2.16. The second-order valence-electron chi connectivity index (χ2n) is 4.53. The van der Waals surface area contributed by atoms with E-state index in [0.29, 0.717) is 17.2 Å². The number of benzene rings is 1. The van der Waals surface area contributed by atoms with E-state index in [0.717, 1.165) is 10.0 Å². The van der Waals surface area contributed by atoms with Gasteiger partial charge in [-0.3, -0.25) is 9.59 Å². The zero-order chi connectivity index (χ0) is 14.9. The maximum atomic E-state index is 12.2. The summed E-state index contributed by atoms with van der Waals surface area (Å²) in [7, 11) is 0. The third-order valence-corrected chi connectivity index (χ3v) is 3.38. The standard InChI is InChI=1S/C14H14BrN3O2/c1-7-6-10(15)4-5-11(7)18-14(20)12-8(2)16-9(3)17-13(12)19/h4-6H,1-3H3,(H,18,20)(H,16,17,19). The molecule has 0 saturated carbocycles. The molecule has 0 fully saturated rings. The highest BCUT2D eigenvalue weighted by atomic mass is 79.9. The Morgan fingerprint density at radius 3 is 2.60 bits per heavy atom. The first-order valence-electron chi connectivity index (χ1n) is 6.03. The van der Waals surface area contributed by atoms with Crippen LogP contribution in [0.2, 0.25) is 0 Å². The lowest BCUT2D eigenvalue weighted by atomic mass is 10.1. The molecule has 0 bridgehead atoms. The summed E-state index contributed by atoms with van der Waals surface area (Å²) in [6.45, 7) is 5.20. The van der Waals surface area contributed by atoms with Crippen LogP contribution >= 0.6 is 15.9 Å². The summed E-state index contributed by atoms with van der Waals surface area (Å²) in [5.74, 6) is 0.0329. The van der Waals surface area contributed by atoms with Gasteiger partial charge in [-0.1, -0.05) is 15.9 Å². The number of H-pyrrole nitrogens is 1. The summed E-state index contributed by atoms with van der Waals surface area (Å²) < 4.78 is 0.930. The van der Waals surface area contributed by atoms with Crippen molar-refractivity contribution in [1.29, 1.82) is 0 Å². The lowest BCUT2D eigenvalue weighted by Gasteiger charge is -2.09. The molecule has 6 heteroatoms. The van der Waals surface area contributed by atoms with Gasteiger partial charge < -0.3 is 10.3 Å². The Hall–Kier alpha value is -1.95. The molecule has 1 aromatic heterocycles. The molecule has 20 heavy (non-hydrogen) atoms. The van der Waals surface area contributed by atoms with Gasteiger partial charge in [-0.15, -0.1) is 0 Å². The number of hydrogen-bond donors (Lipinski definition) is 2. The van der Waals surface area contributed by atoms with Gasteiger partial charge in [-0.05, 0) is 44.5 Å². The molecule has 0 unspecified atom stereocenters. The van der Waals surface area contributed by atoms with Crippen molar-refractivity contribution in [3.05, 3.63) is 55.7 Å². The van der Waals surface area contributed by atoms with Crippen LogP contribution in [-0.2, 0) is 0 Å². The molecular formula is C14H14BrN3O2. The summed E-state index contributed by atoms with van der Waals surface area (Å²) in [6.07, 6.45) is 0. The molecule has 0 spiro atoms. The molecule has 104 valence electrons. The van der Waals surface area contributed by atoms with Gasteiger partial charge in [-0.2, -0.15) is 0 Å². The number of carbonyl (C=O) groups excluding carboxylic acids is 1. The number of hydrogen-bond acceptors (Lipinski definition) is 3. The van der Waals surface area contributed by atoms with Crippen LogP contribution < -0.4 is 10.9 Å². The number of aromatic nitrogens is 2. The molecule has 0 aliphatic carbocycles. The first kappa shape index (κ1) is 14.5. The highest BCUT2D eigenvalue weighted by molar-refractivity contribution is 9.10. The maximum Gasteiger partial charge on any atom is 0.264 e. The third kappa shape index (κ3) is 2.96. The molecule has 2 aromatic rings. The predicted molar refractivity (Wildman–Crippen MR) is 81.2 cm³/mol. The van der Waals surface area contributed by atoms with Crippen molar-refractivity contribution in [2.24, 2.45) is 0 Å². The number of anilines is 1. The number of carbonyl (C=O) groups is 1. The second kappa shape index (κ2) is 5.58.